The molecule has 0 aromatic heterocycles. The summed E-state index contributed by atoms with van der Waals surface area (Å²) >= 11 is 5.38. The van der Waals surface area contributed by atoms with E-state index in [2.05, 4.69) is 12.2 Å². The number of para-hydroxylation sites is 1. The fourth-order valence-corrected chi connectivity index (χ4v) is 2.97. The average Bonchev–Trinajstić information content (AvgIpc) is 2.88. The van der Waals surface area contributed by atoms with E-state index in [1.165, 1.54) is 0 Å². The lowest BCUT2D eigenvalue weighted by molar-refractivity contribution is -0.113. The molecular weight excluding hydrogens is 320 g/mol. The summed E-state index contributed by atoms with van der Waals surface area (Å²) in [6.45, 7) is 2.06. The quantitative estimate of drug-likeness (QED) is 0.684. The molecule has 1 fully saturated rings. The van der Waals surface area contributed by atoms with E-state index >= 15 is 0 Å². The highest BCUT2D eigenvalue weighted by molar-refractivity contribution is 7.80. The molecule has 1 saturated heterocycles. The van der Waals surface area contributed by atoms with Crippen molar-refractivity contribution in [2.45, 2.75) is 13.3 Å². The van der Waals surface area contributed by atoms with Crippen LogP contribution in [-0.2, 0) is 11.2 Å². The lowest BCUT2D eigenvalue weighted by atomic mass is 10.1. The van der Waals surface area contributed by atoms with Gasteiger partial charge < -0.3 is 10.1 Å². The molecule has 1 aliphatic heterocycles. The number of hydrogen-bond donors (Lipinski definition) is 1. The van der Waals surface area contributed by atoms with Crippen molar-refractivity contribution in [3.05, 3.63) is 65.4 Å². The van der Waals surface area contributed by atoms with Crippen molar-refractivity contribution < 1.29 is 9.53 Å². The maximum absolute atomic E-state index is 12.8. The van der Waals surface area contributed by atoms with Crippen molar-refractivity contribution in [2.75, 3.05) is 12.0 Å². The number of rotatable bonds is 4. The van der Waals surface area contributed by atoms with Gasteiger partial charge in [0, 0.05) is 0 Å². The van der Waals surface area contributed by atoms with Gasteiger partial charge in [-0.15, -0.1) is 0 Å². The lowest BCUT2D eigenvalue weighted by Crippen LogP contribution is -2.31. The number of methoxy groups -OCH3 is 1. The maximum Gasteiger partial charge on any atom is 0.281 e. The molecule has 4 nitrogen and oxygen atoms in total. The summed E-state index contributed by atoms with van der Waals surface area (Å²) in [5.41, 5.74) is 3.24. The smallest absolute Gasteiger partial charge is 0.281 e. The molecule has 0 radical (unpaired) electrons. The minimum Gasteiger partial charge on any atom is -0.497 e. The monoisotopic (exact) mass is 338 g/mol. The maximum atomic E-state index is 12.8. The summed E-state index contributed by atoms with van der Waals surface area (Å²) in [6.07, 6.45) is 2.61. The van der Waals surface area contributed by atoms with Crippen LogP contribution in [0.25, 0.3) is 6.08 Å². The molecular formula is C19H18N2O2S. The van der Waals surface area contributed by atoms with E-state index in [0.29, 0.717) is 10.8 Å². The van der Waals surface area contributed by atoms with Crippen molar-refractivity contribution in [3.63, 3.8) is 0 Å². The standard InChI is InChI=1S/C19H18N2O2S/c1-3-14-8-4-5-10-17(14)21-18(22)16(20-19(21)24)12-13-7-6-9-15(11-13)23-2/h4-12H,3H2,1-2H3,(H,20,24)/b16-12+. The third-order valence-electron chi connectivity index (χ3n) is 3.90. The van der Waals surface area contributed by atoms with E-state index in [4.69, 9.17) is 17.0 Å². The first-order valence-corrected chi connectivity index (χ1v) is 8.14. The number of nitrogens with zero attached hydrogens (tertiary/aromatic N) is 1. The first-order chi connectivity index (χ1) is 11.6. The van der Waals surface area contributed by atoms with Crippen LogP contribution in [-0.4, -0.2) is 18.1 Å². The molecule has 0 atom stereocenters. The predicted octanol–water partition coefficient (Wildman–Crippen LogP) is 3.52. The molecule has 2 aromatic carbocycles. The van der Waals surface area contributed by atoms with Crippen LogP contribution in [0.1, 0.15) is 18.1 Å². The van der Waals surface area contributed by atoms with Crippen LogP contribution in [0, 0.1) is 0 Å². The van der Waals surface area contributed by atoms with Gasteiger partial charge in [0.25, 0.3) is 5.91 Å². The van der Waals surface area contributed by atoms with Crippen LogP contribution < -0.4 is 15.0 Å². The number of anilines is 1. The average molecular weight is 338 g/mol. The molecule has 0 saturated carbocycles. The van der Waals surface area contributed by atoms with Gasteiger partial charge in [0.1, 0.15) is 11.4 Å². The number of carbonyl (C=O) groups is 1. The molecule has 1 heterocycles. The first kappa shape index (κ1) is 16.2. The molecule has 3 rings (SSSR count). The zero-order valence-corrected chi connectivity index (χ0v) is 14.4. The molecule has 1 aliphatic rings. The minimum absolute atomic E-state index is 0.149. The number of carbonyl (C=O) groups excluding carboxylic acids is 1. The van der Waals surface area contributed by atoms with Gasteiger partial charge >= 0.3 is 0 Å². The van der Waals surface area contributed by atoms with Crippen molar-refractivity contribution in [2.24, 2.45) is 0 Å². The Morgan fingerprint density at radius 1 is 1.21 bits per heavy atom. The Bertz CT molecular complexity index is 830. The van der Waals surface area contributed by atoms with E-state index in [0.717, 1.165) is 29.0 Å². The van der Waals surface area contributed by atoms with Crippen molar-refractivity contribution in [1.82, 2.24) is 5.32 Å². The number of aryl methyl sites for hydroxylation is 1. The number of hydrogen-bond acceptors (Lipinski definition) is 3. The van der Waals surface area contributed by atoms with Gasteiger partial charge in [-0.1, -0.05) is 37.3 Å². The molecule has 0 aliphatic carbocycles. The van der Waals surface area contributed by atoms with Gasteiger partial charge in [0.2, 0.25) is 0 Å². The van der Waals surface area contributed by atoms with E-state index < -0.39 is 0 Å². The summed E-state index contributed by atoms with van der Waals surface area (Å²) in [5, 5.41) is 3.42. The Kier molecular flexibility index (Phi) is 4.62. The van der Waals surface area contributed by atoms with Crippen molar-refractivity contribution in [3.8, 4) is 5.75 Å². The molecule has 0 unspecified atom stereocenters. The molecule has 24 heavy (non-hydrogen) atoms. The van der Waals surface area contributed by atoms with Crippen LogP contribution in [0.2, 0.25) is 0 Å². The fraction of sp³-hybridized carbons (Fsp3) is 0.158. The largest absolute Gasteiger partial charge is 0.497 e. The molecule has 2 aromatic rings. The fourth-order valence-electron chi connectivity index (χ4n) is 2.68. The van der Waals surface area contributed by atoms with E-state index in [1.54, 1.807) is 18.1 Å². The van der Waals surface area contributed by atoms with E-state index in [1.807, 2.05) is 48.5 Å². The molecule has 0 spiro atoms. The first-order valence-electron chi connectivity index (χ1n) is 7.73. The Labute approximate surface area is 146 Å². The topological polar surface area (TPSA) is 41.6 Å². The van der Waals surface area contributed by atoms with Gasteiger partial charge in [-0.25, -0.2) is 0 Å². The van der Waals surface area contributed by atoms with Crippen LogP contribution in [0.15, 0.2) is 54.2 Å². The third kappa shape index (κ3) is 3.03. The Morgan fingerprint density at radius 3 is 2.75 bits per heavy atom. The number of thiocarbonyl (C=S) groups is 1. The van der Waals surface area contributed by atoms with Crippen molar-refractivity contribution >= 4 is 35.0 Å². The Morgan fingerprint density at radius 2 is 2.00 bits per heavy atom. The third-order valence-corrected chi connectivity index (χ3v) is 4.18. The second-order valence-electron chi connectivity index (χ2n) is 5.39. The normalized spacial score (nSPS) is 15.8. The van der Waals surface area contributed by atoms with E-state index in [-0.39, 0.29) is 5.91 Å². The number of benzene rings is 2. The second kappa shape index (κ2) is 6.84. The number of amides is 1. The van der Waals surface area contributed by atoms with Gasteiger partial charge in [0.15, 0.2) is 5.11 Å². The summed E-state index contributed by atoms with van der Waals surface area (Å²) in [6, 6.07) is 15.3. The van der Waals surface area contributed by atoms with Gasteiger partial charge in [-0.05, 0) is 54.0 Å². The number of ether oxygens (including phenoxy) is 1. The van der Waals surface area contributed by atoms with Crippen LogP contribution in [0.3, 0.4) is 0 Å². The molecule has 1 N–H and O–H groups in total. The lowest BCUT2D eigenvalue weighted by Gasteiger charge is -2.17. The highest BCUT2D eigenvalue weighted by atomic mass is 32.1. The van der Waals surface area contributed by atoms with Gasteiger partial charge in [-0.3, -0.25) is 9.69 Å². The minimum atomic E-state index is -0.149. The van der Waals surface area contributed by atoms with Crippen LogP contribution in [0.5, 0.6) is 5.75 Å². The van der Waals surface area contributed by atoms with E-state index in [9.17, 15) is 4.79 Å². The molecule has 0 bridgehead atoms. The van der Waals surface area contributed by atoms with Crippen LogP contribution >= 0.6 is 12.2 Å². The van der Waals surface area contributed by atoms with Gasteiger partial charge in [-0.2, -0.15) is 0 Å². The van der Waals surface area contributed by atoms with Crippen LogP contribution in [0.4, 0.5) is 5.69 Å². The Hall–Kier alpha value is -2.66. The highest BCUT2D eigenvalue weighted by Gasteiger charge is 2.32. The zero-order valence-electron chi connectivity index (χ0n) is 13.6. The molecule has 5 heteroatoms. The summed E-state index contributed by atoms with van der Waals surface area (Å²) < 4.78 is 5.22. The highest BCUT2D eigenvalue weighted by Crippen LogP contribution is 2.26. The zero-order chi connectivity index (χ0) is 17.1. The Balaban J connectivity index is 1.95. The predicted molar refractivity (Wildman–Crippen MR) is 100 cm³/mol. The SMILES string of the molecule is CCc1ccccc1N1C(=O)/C(=C\c2cccc(OC)c2)NC1=S. The summed E-state index contributed by atoms with van der Waals surface area (Å²) in [4.78, 5) is 14.4. The number of nitrogens with one attached hydrogen (secondary N) is 1. The molecule has 122 valence electrons. The summed E-state index contributed by atoms with van der Waals surface area (Å²) in [7, 11) is 1.61. The second-order valence-corrected chi connectivity index (χ2v) is 5.77. The molecule has 1 amide bonds. The van der Waals surface area contributed by atoms with Gasteiger partial charge in [0.05, 0.1) is 12.8 Å². The summed E-state index contributed by atoms with van der Waals surface area (Å²) in [5.74, 6) is 0.592. The van der Waals surface area contributed by atoms with Crippen molar-refractivity contribution in [1.29, 1.82) is 0 Å².